The Bertz CT molecular complexity index is 309. The Balaban J connectivity index is 5.31. The molecule has 0 aliphatic rings. The van der Waals surface area contributed by atoms with Gasteiger partial charge in [0.25, 0.3) is 0 Å². The van der Waals surface area contributed by atoms with Gasteiger partial charge in [-0.1, -0.05) is 0 Å². The van der Waals surface area contributed by atoms with Crippen molar-refractivity contribution in [3.05, 3.63) is 0 Å². The molecule has 140 valence electrons. The normalized spacial score (nSPS) is 18.5. The summed E-state index contributed by atoms with van der Waals surface area (Å²) in [5.74, 6) is 0. The van der Waals surface area contributed by atoms with E-state index in [4.69, 9.17) is 0 Å². The zero-order valence-corrected chi connectivity index (χ0v) is 15.4. The molecule has 0 radical (unpaired) electrons. The number of halogens is 8. The molecular weight excluding hydrogens is 448 g/mol. The van der Waals surface area contributed by atoms with E-state index in [0.717, 1.165) is 0 Å². The van der Waals surface area contributed by atoms with Crippen LogP contribution < -0.4 is 0 Å². The Labute approximate surface area is 141 Å². The first-order valence-corrected chi connectivity index (χ1v) is 9.79. The summed E-state index contributed by atoms with van der Waals surface area (Å²) in [6.07, 6.45) is -13.6. The van der Waals surface area contributed by atoms with Gasteiger partial charge in [-0.2, -0.15) is 0 Å². The van der Waals surface area contributed by atoms with Gasteiger partial charge in [-0.15, -0.1) is 0 Å². The second kappa shape index (κ2) is 9.07. The van der Waals surface area contributed by atoms with E-state index in [2.05, 4.69) is 0 Å². The average molecular weight is 470 g/mol. The maximum absolute atomic E-state index is 14.7. The second-order valence-electron chi connectivity index (χ2n) is 5.66. The van der Waals surface area contributed by atoms with Crippen molar-refractivity contribution < 1.29 is 35.1 Å². The molecule has 0 aromatic carbocycles. The van der Waals surface area contributed by atoms with Gasteiger partial charge < -0.3 is 0 Å². The molecule has 2 unspecified atom stereocenters. The van der Waals surface area contributed by atoms with Gasteiger partial charge in [0.15, 0.2) is 0 Å². The fraction of sp³-hybridized carbons (Fsp3) is 1.00. The van der Waals surface area contributed by atoms with Crippen molar-refractivity contribution in [3.8, 4) is 0 Å². The van der Waals surface area contributed by atoms with Crippen molar-refractivity contribution in [2.75, 3.05) is 0 Å². The van der Waals surface area contributed by atoms with Crippen LogP contribution >= 0.6 is 0 Å². The summed E-state index contributed by atoms with van der Waals surface area (Å²) < 4.78 is 99.1. The third-order valence-corrected chi connectivity index (χ3v) is 7.18. The van der Waals surface area contributed by atoms with Crippen LogP contribution in [0, 0.1) is 0 Å². The van der Waals surface area contributed by atoms with E-state index in [1.807, 2.05) is 0 Å². The van der Waals surface area contributed by atoms with E-state index in [0.29, 0.717) is 12.8 Å². The topological polar surface area (TPSA) is 0 Å². The minimum absolute atomic E-state index is 0.0905. The standard InChI is InChI=1S/C14H22F8Te/c1-3-5-7-11(15,9-13(17,18)19)23-12(16,8-6-4-2)10-14(20,21)22/h3-10H2,1-2H3. The van der Waals surface area contributed by atoms with Gasteiger partial charge in [-0.25, -0.2) is 0 Å². The SMILES string of the molecule is CCCCC(F)(CC(F)(F)F)[Te]C(F)(CCCC)CC(F)(F)F. The maximum atomic E-state index is 14.7. The Morgan fingerprint density at radius 1 is 0.609 bits per heavy atom. The molecular formula is C14H22F8Te. The van der Waals surface area contributed by atoms with Crippen LogP contribution in [0.3, 0.4) is 0 Å². The molecule has 0 aromatic rings. The summed E-state index contributed by atoms with van der Waals surface area (Å²) in [7, 11) is 0. The Hall–Kier alpha value is 0.230. The quantitative estimate of drug-likeness (QED) is 0.260. The van der Waals surface area contributed by atoms with Gasteiger partial charge in [0.1, 0.15) is 0 Å². The summed E-state index contributed by atoms with van der Waals surface area (Å²) in [5, 5.41) is 0. The summed E-state index contributed by atoms with van der Waals surface area (Å²) >= 11 is -2.83. The molecule has 23 heavy (non-hydrogen) atoms. The van der Waals surface area contributed by atoms with Crippen LogP contribution in [0.1, 0.15) is 65.2 Å². The van der Waals surface area contributed by atoms with Crippen molar-refractivity contribution >= 4 is 20.9 Å². The molecule has 0 rings (SSSR count). The van der Waals surface area contributed by atoms with Crippen LogP contribution in [0.15, 0.2) is 0 Å². The monoisotopic (exact) mass is 472 g/mol. The van der Waals surface area contributed by atoms with Crippen LogP contribution in [-0.2, 0) is 0 Å². The van der Waals surface area contributed by atoms with Crippen molar-refractivity contribution in [1.29, 1.82) is 0 Å². The third-order valence-electron chi connectivity index (χ3n) is 3.10. The first kappa shape index (κ1) is 23.2. The molecule has 0 heterocycles. The van der Waals surface area contributed by atoms with Crippen molar-refractivity contribution in [2.45, 2.75) is 85.0 Å². The molecule has 0 saturated heterocycles. The average Bonchev–Trinajstić information content (AvgIpc) is 2.29. The molecule has 0 fully saturated rings. The molecule has 0 aliphatic heterocycles. The van der Waals surface area contributed by atoms with Crippen molar-refractivity contribution in [1.82, 2.24) is 0 Å². The van der Waals surface area contributed by atoms with Gasteiger partial charge in [0.05, 0.1) is 0 Å². The first-order valence-electron chi connectivity index (χ1n) is 7.46. The van der Waals surface area contributed by atoms with Gasteiger partial charge in [0.2, 0.25) is 0 Å². The Morgan fingerprint density at radius 3 is 1.13 bits per heavy atom. The van der Waals surface area contributed by atoms with E-state index in [1.165, 1.54) is 0 Å². The summed E-state index contributed by atoms with van der Waals surface area (Å²) in [4.78, 5) is 0. The van der Waals surface area contributed by atoms with Crippen LogP contribution in [0.25, 0.3) is 0 Å². The second-order valence-corrected chi connectivity index (χ2v) is 10.4. The third kappa shape index (κ3) is 11.4. The predicted octanol–water partition coefficient (Wildman–Crippen LogP) is 6.31. The fourth-order valence-corrected chi connectivity index (χ4v) is 6.78. The summed E-state index contributed by atoms with van der Waals surface area (Å²) in [6.45, 7) is 3.26. The molecule has 0 nitrogen and oxygen atoms in total. The van der Waals surface area contributed by atoms with Crippen molar-refractivity contribution in [3.63, 3.8) is 0 Å². The minimum atomic E-state index is -4.86. The van der Waals surface area contributed by atoms with E-state index in [9.17, 15) is 35.1 Å². The summed E-state index contributed by atoms with van der Waals surface area (Å²) in [6, 6.07) is 0. The number of alkyl halides is 8. The Morgan fingerprint density at radius 2 is 0.913 bits per heavy atom. The molecule has 0 bridgehead atoms. The van der Waals surface area contributed by atoms with Gasteiger partial charge >= 0.3 is 141 Å². The molecule has 0 aromatic heterocycles. The van der Waals surface area contributed by atoms with Gasteiger partial charge in [-0.05, 0) is 0 Å². The van der Waals surface area contributed by atoms with Crippen LogP contribution in [0.4, 0.5) is 35.1 Å². The van der Waals surface area contributed by atoms with Gasteiger partial charge in [-0.3, -0.25) is 0 Å². The zero-order chi connectivity index (χ0) is 18.4. The molecule has 0 saturated carbocycles. The Kier molecular flexibility index (Phi) is 9.16. The van der Waals surface area contributed by atoms with Crippen LogP contribution in [0.5, 0.6) is 0 Å². The first-order chi connectivity index (χ1) is 10.2. The van der Waals surface area contributed by atoms with Crippen LogP contribution in [-0.4, -0.2) is 40.7 Å². The molecule has 0 N–H and O–H groups in total. The van der Waals surface area contributed by atoms with Gasteiger partial charge in [0, 0.05) is 0 Å². The molecule has 9 heteroatoms. The van der Waals surface area contributed by atoms with E-state index in [-0.39, 0.29) is 12.8 Å². The number of rotatable bonds is 10. The summed E-state index contributed by atoms with van der Waals surface area (Å²) in [5.41, 5.74) is 0. The number of hydrogen-bond donors (Lipinski definition) is 0. The number of hydrogen-bond acceptors (Lipinski definition) is 0. The van der Waals surface area contributed by atoms with E-state index < -0.39 is 66.4 Å². The van der Waals surface area contributed by atoms with E-state index in [1.54, 1.807) is 13.8 Å². The predicted molar refractivity (Wildman–Crippen MR) is 73.8 cm³/mol. The van der Waals surface area contributed by atoms with Crippen molar-refractivity contribution in [2.24, 2.45) is 0 Å². The number of unbranched alkanes of at least 4 members (excludes halogenated alkanes) is 2. The molecule has 0 amide bonds. The van der Waals surface area contributed by atoms with Crippen LogP contribution in [0.2, 0.25) is 0 Å². The molecule has 0 spiro atoms. The molecule has 0 aliphatic carbocycles. The fourth-order valence-electron chi connectivity index (χ4n) is 2.16. The zero-order valence-electron chi connectivity index (χ0n) is 13.1. The van der Waals surface area contributed by atoms with E-state index >= 15 is 0 Å². The molecule has 2 atom stereocenters.